The first-order valence-corrected chi connectivity index (χ1v) is 5.78. The fourth-order valence-electron chi connectivity index (χ4n) is 1.57. The van der Waals surface area contributed by atoms with E-state index in [9.17, 15) is 4.79 Å². The van der Waals surface area contributed by atoms with Crippen LogP contribution >= 0.6 is 0 Å². The number of ether oxygens (including phenoxy) is 1. The molecule has 0 radical (unpaired) electrons. The predicted molar refractivity (Wildman–Crippen MR) is 68.4 cm³/mol. The van der Waals surface area contributed by atoms with E-state index >= 15 is 0 Å². The van der Waals surface area contributed by atoms with Crippen molar-refractivity contribution in [2.24, 2.45) is 0 Å². The summed E-state index contributed by atoms with van der Waals surface area (Å²) in [6, 6.07) is 7.59. The molecule has 2 N–H and O–H groups in total. The molecule has 0 aromatic heterocycles. The highest BCUT2D eigenvalue weighted by Crippen LogP contribution is 2.09. The Bertz CT molecular complexity index is 349. The summed E-state index contributed by atoms with van der Waals surface area (Å²) in [5, 5.41) is 0. The molecule has 4 heteroatoms. The van der Waals surface area contributed by atoms with E-state index in [1.807, 2.05) is 36.1 Å². The van der Waals surface area contributed by atoms with E-state index in [1.54, 1.807) is 7.11 Å². The van der Waals surface area contributed by atoms with E-state index in [2.05, 4.69) is 0 Å². The molecule has 17 heavy (non-hydrogen) atoms. The van der Waals surface area contributed by atoms with Crippen molar-refractivity contribution in [3.63, 3.8) is 0 Å². The van der Waals surface area contributed by atoms with Crippen molar-refractivity contribution in [2.75, 3.05) is 26.0 Å². The van der Waals surface area contributed by atoms with Crippen molar-refractivity contribution in [3.8, 4) is 0 Å². The Morgan fingerprint density at radius 1 is 1.35 bits per heavy atom. The van der Waals surface area contributed by atoms with Gasteiger partial charge in [0.05, 0.1) is 13.0 Å². The topological polar surface area (TPSA) is 55.6 Å². The van der Waals surface area contributed by atoms with Gasteiger partial charge in [-0.15, -0.1) is 0 Å². The number of anilines is 1. The van der Waals surface area contributed by atoms with Crippen molar-refractivity contribution < 1.29 is 9.53 Å². The molecule has 0 aliphatic carbocycles. The van der Waals surface area contributed by atoms with Crippen LogP contribution in [0.15, 0.2) is 24.3 Å². The zero-order chi connectivity index (χ0) is 12.7. The number of carbonyl (C=O) groups excluding carboxylic acids is 1. The van der Waals surface area contributed by atoms with Gasteiger partial charge >= 0.3 is 0 Å². The lowest BCUT2D eigenvalue weighted by molar-refractivity contribution is -0.132. The molecule has 1 amide bonds. The molecule has 0 saturated heterocycles. The van der Waals surface area contributed by atoms with Gasteiger partial charge < -0.3 is 15.4 Å². The Balaban J connectivity index is 2.57. The maximum Gasteiger partial charge on any atom is 0.225 e. The zero-order valence-electron chi connectivity index (χ0n) is 10.5. The number of nitrogen functional groups attached to an aromatic ring is 1. The Hall–Kier alpha value is -1.55. The molecule has 0 atom stereocenters. The number of nitrogens with two attached hydrogens (primary N) is 1. The second kappa shape index (κ2) is 6.91. The van der Waals surface area contributed by atoms with Gasteiger partial charge in [0.15, 0.2) is 0 Å². The Morgan fingerprint density at radius 3 is 2.53 bits per heavy atom. The Labute approximate surface area is 102 Å². The van der Waals surface area contributed by atoms with Crippen LogP contribution in [0.4, 0.5) is 5.69 Å². The SMILES string of the molecule is CCN(Cc1ccc(N)cc1)C(=O)CCOC. The molecule has 94 valence electrons. The minimum absolute atomic E-state index is 0.117. The lowest BCUT2D eigenvalue weighted by Crippen LogP contribution is -2.30. The summed E-state index contributed by atoms with van der Waals surface area (Å²) in [6.45, 7) is 3.77. The van der Waals surface area contributed by atoms with Crippen LogP contribution in [0.3, 0.4) is 0 Å². The van der Waals surface area contributed by atoms with Crippen LogP contribution in [0.5, 0.6) is 0 Å². The van der Waals surface area contributed by atoms with Gasteiger partial charge in [-0.05, 0) is 24.6 Å². The van der Waals surface area contributed by atoms with Gasteiger partial charge in [0, 0.05) is 25.9 Å². The summed E-state index contributed by atoms with van der Waals surface area (Å²) < 4.78 is 4.91. The number of rotatable bonds is 6. The fraction of sp³-hybridized carbons (Fsp3) is 0.462. The van der Waals surface area contributed by atoms with E-state index in [-0.39, 0.29) is 5.91 Å². The molecule has 0 heterocycles. The molecule has 0 aliphatic rings. The third-order valence-electron chi connectivity index (χ3n) is 2.61. The first-order chi connectivity index (χ1) is 8.17. The molecule has 0 spiro atoms. The van der Waals surface area contributed by atoms with Crippen molar-refractivity contribution in [1.29, 1.82) is 0 Å². The van der Waals surface area contributed by atoms with Crippen LogP contribution in [0.1, 0.15) is 18.9 Å². The van der Waals surface area contributed by atoms with Gasteiger partial charge in [-0.25, -0.2) is 0 Å². The monoisotopic (exact) mass is 236 g/mol. The van der Waals surface area contributed by atoms with Gasteiger partial charge in [0.1, 0.15) is 0 Å². The summed E-state index contributed by atoms with van der Waals surface area (Å²) in [4.78, 5) is 13.6. The molecule has 0 fully saturated rings. The quantitative estimate of drug-likeness (QED) is 0.764. The van der Waals surface area contributed by atoms with Crippen LogP contribution in [0.25, 0.3) is 0 Å². The summed E-state index contributed by atoms with van der Waals surface area (Å²) in [5.74, 6) is 0.117. The Morgan fingerprint density at radius 2 is 2.00 bits per heavy atom. The van der Waals surface area contributed by atoms with Gasteiger partial charge in [-0.3, -0.25) is 4.79 Å². The minimum Gasteiger partial charge on any atom is -0.399 e. The molecule has 4 nitrogen and oxygen atoms in total. The third-order valence-corrected chi connectivity index (χ3v) is 2.61. The molecule has 1 aromatic rings. The molecular formula is C13H20N2O2. The highest BCUT2D eigenvalue weighted by Gasteiger charge is 2.11. The maximum atomic E-state index is 11.8. The van der Waals surface area contributed by atoms with E-state index in [0.29, 0.717) is 26.1 Å². The minimum atomic E-state index is 0.117. The highest BCUT2D eigenvalue weighted by atomic mass is 16.5. The Kier molecular flexibility index (Phi) is 5.49. The first kappa shape index (κ1) is 13.5. The number of hydrogen-bond donors (Lipinski definition) is 1. The third kappa shape index (κ3) is 4.44. The summed E-state index contributed by atoms with van der Waals surface area (Å²) in [6.07, 6.45) is 0.430. The number of nitrogens with zero attached hydrogens (tertiary/aromatic N) is 1. The summed E-state index contributed by atoms with van der Waals surface area (Å²) in [5.41, 5.74) is 7.45. The molecule has 0 aliphatic heterocycles. The van der Waals surface area contributed by atoms with Crippen LogP contribution in [-0.4, -0.2) is 31.1 Å². The molecule has 0 unspecified atom stereocenters. The van der Waals surface area contributed by atoms with Crippen molar-refractivity contribution in [3.05, 3.63) is 29.8 Å². The van der Waals surface area contributed by atoms with Gasteiger partial charge in [0.2, 0.25) is 5.91 Å². The zero-order valence-corrected chi connectivity index (χ0v) is 10.5. The number of amides is 1. The van der Waals surface area contributed by atoms with Crippen molar-refractivity contribution in [1.82, 2.24) is 4.90 Å². The molecule has 0 saturated carbocycles. The van der Waals surface area contributed by atoms with Crippen molar-refractivity contribution >= 4 is 11.6 Å². The number of carbonyl (C=O) groups is 1. The van der Waals surface area contributed by atoms with E-state index < -0.39 is 0 Å². The maximum absolute atomic E-state index is 11.8. The lowest BCUT2D eigenvalue weighted by Gasteiger charge is -2.21. The van der Waals surface area contributed by atoms with Gasteiger partial charge in [-0.2, -0.15) is 0 Å². The van der Waals surface area contributed by atoms with E-state index in [0.717, 1.165) is 11.3 Å². The second-order valence-electron chi connectivity index (χ2n) is 3.89. The van der Waals surface area contributed by atoms with Crippen molar-refractivity contribution in [2.45, 2.75) is 19.9 Å². The second-order valence-corrected chi connectivity index (χ2v) is 3.89. The summed E-state index contributed by atoms with van der Waals surface area (Å²) in [7, 11) is 1.60. The van der Waals surface area contributed by atoms with Crippen LogP contribution < -0.4 is 5.73 Å². The van der Waals surface area contributed by atoms with Crippen LogP contribution in [-0.2, 0) is 16.1 Å². The molecular weight excluding hydrogens is 216 g/mol. The van der Waals surface area contributed by atoms with Crippen LogP contribution in [0, 0.1) is 0 Å². The van der Waals surface area contributed by atoms with Crippen LogP contribution in [0.2, 0.25) is 0 Å². The molecule has 1 rings (SSSR count). The van der Waals surface area contributed by atoms with E-state index in [4.69, 9.17) is 10.5 Å². The molecule has 0 bridgehead atoms. The number of methoxy groups -OCH3 is 1. The van der Waals surface area contributed by atoms with Gasteiger partial charge in [-0.1, -0.05) is 12.1 Å². The molecule has 1 aromatic carbocycles. The average molecular weight is 236 g/mol. The fourth-order valence-corrected chi connectivity index (χ4v) is 1.57. The normalized spacial score (nSPS) is 10.2. The number of benzene rings is 1. The van der Waals surface area contributed by atoms with Gasteiger partial charge in [0.25, 0.3) is 0 Å². The smallest absolute Gasteiger partial charge is 0.225 e. The number of hydrogen-bond acceptors (Lipinski definition) is 3. The summed E-state index contributed by atoms with van der Waals surface area (Å²) >= 11 is 0. The standard InChI is InChI=1S/C13H20N2O2/c1-3-15(13(16)8-9-17-2)10-11-4-6-12(14)7-5-11/h4-7H,3,8-10,14H2,1-2H3. The largest absolute Gasteiger partial charge is 0.399 e. The first-order valence-electron chi connectivity index (χ1n) is 5.78. The lowest BCUT2D eigenvalue weighted by atomic mass is 10.2. The predicted octanol–water partition coefficient (Wildman–Crippen LogP) is 1.65. The van der Waals surface area contributed by atoms with E-state index in [1.165, 1.54) is 0 Å². The highest BCUT2D eigenvalue weighted by molar-refractivity contribution is 5.76. The average Bonchev–Trinajstić information content (AvgIpc) is 2.35.